The Hall–Kier alpha value is -2.79. The third kappa shape index (κ3) is 4.66. The molecule has 0 bridgehead atoms. The summed E-state index contributed by atoms with van der Waals surface area (Å²) < 4.78 is 19.6. The molecule has 12 heteroatoms. The first-order valence-corrected chi connectivity index (χ1v) is 13.5. The zero-order valence-electron chi connectivity index (χ0n) is 19.7. The zero-order valence-corrected chi connectivity index (χ0v) is 22.1. The summed E-state index contributed by atoms with van der Waals surface area (Å²) in [5.74, 6) is 1.27. The molecule has 0 saturated carbocycles. The highest BCUT2D eigenvalue weighted by molar-refractivity contribution is 7.81. The third-order valence-electron chi connectivity index (χ3n) is 6.56. The van der Waals surface area contributed by atoms with E-state index in [1.165, 1.54) is 12.4 Å². The van der Waals surface area contributed by atoms with Gasteiger partial charge < -0.3 is 15.4 Å². The largest absolute Gasteiger partial charge is 0.486 e. The maximum absolute atomic E-state index is 11.6. The van der Waals surface area contributed by atoms with Gasteiger partial charge in [0.05, 0.1) is 39.1 Å². The number of hydrogen-bond donors (Lipinski definition) is 2. The number of nitrogen functional groups attached to an aromatic ring is 1. The number of ether oxygens (including phenoxy) is 1. The van der Waals surface area contributed by atoms with Gasteiger partial charge in [0, 0.05) is 67.1 Å². The SMILES string of the molecule is C[C@@H](Oc1ccc(N)c(C(=N)c2cnc(N3CC4(C3)CN(S(C)=O)C4)cn2)c1)c1c(Cl)cncc1Cl. The number of benzene rings is 1. The van der Waals surface area contributed by atoms with Gasteiger partial charge in [-0.3, -0.25) is 10.4 Å². The monoisotopic (exact) mass is 545 g/mol. The Labute approximate surface area is 221 Å². The fourth-order valence-corrected chi connectivity index (χ4v) is 6.24. The van der Waals surface area contributed by atoms with Crippen molar-refractivity contribution in [2.24, 2.45) is 5.41 Å². The Bertz CT molecular complexity index is 1320. The van der Waals surface area contributed by atoms with Gasteiger partial charge in [0.15, 0.2) is 0 Å². The Morgan fingerprint density at radius 2 is 1.83 bits per heavy atom. The number of aromatic nitrogens is 3. The second-order valence-electron chi connectivity index (χ2n) is 9.24. The molecule has 1 spiro atoms. The Kier molecular flexibility index (Phi) is 6.63. The molecule has 36 heavy (non-hydrogen) atoms. The maximum atomic E-state index is 11.6. The molecular weight excluding hydrogens is 521 g/mol. The Balaban J connectivity index is 1.27. The fraction of sp³-hybridized carbons (Fsp3) is 0.333. The van der Waals surface area contributed by atoms with E-state index in [4.69, 9.17) is 39.1 Å². The first-order chi connectivity index (χ1) is 17.2. The predicted molar refractivity (Wildman–Crippen MR) is 142 cm³/mol. The Morgan fingerprint density at radius 3 is 2.44 bits per heavy atom. The molecule has 1 unspecified atom stereocenters. The number of hydrogen-bond acceptors (Lipinski definition) is 8. The summed E-state index contributed by atoms with van der Waals surface area (Å²) in [5.41, 5.74) is 8.48. The summed E-state index contributed by atoms with van der Waals surface area (Å²) in [7, 11) is -0.910. The van der Waals surface area contributed by atoms with E-state index in [1.54, 1.807) is 36.8 Å². The quantitative estimate of drug-likeness (QED) is 0.342. The van der Waals surface area contributed by atoms with E-state index in [0.717, 1.165) is 32.0 Å². The van der Waals surface area contributed by atoms with Crippen LogP contribution in [0.25, 0.3) is 0 Å². The van der Waals surface area contributed by atoms with Crippen LogP contribution in [-0.2, 0) is 11.0 Å². The molecule has 0 amide bonds. The number of anilines is 2. The minimum Gasteiger partial charge on any atom is -0.486 e. The predicted octanol–water partition coefficient (Wildman–Crippen LogP) is 3.73. The van der Waals surface area contributed by atoms with Crippen LogP contribution in [0.4, 0.5) is 11.5 Å². The summed E-state index contributed by atoms with van der Waals surface area (Å²) in [6.45, 7) is 5.25. The van der Waals surface area contributed by atoms with Gasteiger partial charge in [-0.2, -0.15) is 0 Å². The van der Waals surface area contributed by atoms with Gasteiger partial charge in [-0.1, -0.05) is 23.2 Å². The van der Waals surface area contributed by atoms with E-state index >= 15 is 0 Å². The van der Waals surface area contributed by atoms with E-state index in [0.29, 0.717) is 38.3 Å². The number of rotatable bonds is 7. The van der Waals surface area contributed by atoms with E-state index in [2.05, 4.69) is 19.9 Å². The summed E-state index contributed by atoms with van der Waals surface area (Å²) in [4.78, 5) is 15.1. The maximum Gasteiger partial charge on any atom is 0.147 e. The van der Waals surface area contributed by atoms with Crippen molar-refractivity contribution in [1.29, 1.82) is 5.41 Å². The number of halogens is 2. The number of nitrogens with zero attached hydrogens (tertiary/aromatic N) is 5. The smallest absolute Gasteiger partial charge is 0.147 e. The van der Waals surface area contributed by atoms with Crippen molar-refractivity contribution in [3.63, 3.8) is 0 Å². The van der Waals surface area contributed by atoms with Crippen LogP contribution in [-0.4, -0.2) is 61.6 Å². The van der Waals surface area contributed by atoms with Crippen molar-refractivity contribution >= 4 is 51.4 Å². The number of pyridine rings is 1. The molecule has 3 N–H and O–H groups in total. The van der Waals surface area contributed by atoms with Crippen molar-refractivity contribution in [2.45, 2.75) is 13.0 Å². The van der Waals surface area contributed by atoms with E-state index < -0.39 is 17.1 Å². The summed E-state index contributed by atoms with van der Waals surface area (Å²) in [6, 6.07) is 5.12. The lowest BCUT2D eigenvalue weighted by atomic mass is 9.74. The third-order valence-corrected chi connectivity index (χ3v) is 8.15. The molecule has 188 valence electrons. The normalized spacial score (nSPS) is 18.3. The molecule has 0 radical (unpaired) electrons. The molecule has 2 aliphatic heterocycles. The van der Waals surface area contributed by atoms with Crippen LogP contribution in [0.2, 0.25) is 10.0 Å². The van der Waals surface area contributed by atoms with Crippen molar-refractivity contribution in [1.82, 2.24) is 19.3 Å². The van der Waals surface area contributed by atoms with Crippen LogP contribution in [0, 0.1) is 10.8 Å². The summed E-state index contributed by atoms with van der Waals surface area (Å²) in [5, 5.41) is 9.52. The van der Waals surface area contributed by atoms with Gasteiger partial charge in [0.1, 0.15) is 23.4 Å². The van der Waals surface area contributed by atoms with Crippen molar-refractivity contribution in [3.05, 3.63) is 69.9 Å². The highest BCUT2D eigenvalue weighted by Gasteiger charge is 2.53. The molecule has 2 atom stereocenters. The van der Waals surface area contributed by atoms with Crippen LogP contribution in [0.5, 0.6) is 5.75 Å². The fourth-order valence-electron chi connectivity index (χ4n) is 4.66. The minimum atomic E-state index is -0.910. The van der Waals surface area contributed by atoms with E-state index in [1.807, 2.05) is 11.2 Å². The zero-order chi connectivity index (χ0) is 25.6. The second-order valence-corrected chi connectivity index (χ2v) is 11.4. The first kappa shape index (κ1) is 24.9. The molecule has 2 fully saturated rings. The average molecular weight is 546 g/mol. The highest BCUT2D eigenvalue weighted by atomic mass is 35.5. The molecule has 2 aliphatic rings. The van der Waals surface area contributed by atoms with Crippen molar-refractivity contribution in [3.8, 4) is 5.75 Å². The molecular formula is C24H25Cl2N7O2S. The van der Waals surface area contributed by atoms with Gasteiger partial charge in [-0.25, -0.2) is 18.5 Å². The second kappa shape index (κ2) is 9.59. The summed E-state index contributed by atoms with van der Waals surface area (Å²) in [6.07, 6.45) is 7.56. The van der Waals surface area contributed by atoms with Gasteiger partial charge in [-0.05, 0) is 25.1 Å². The minimum absolute atomic E-state index is 0.143. The first-order valence-electron chi connectivity index (χ1n) is 11.3. The molecule has 3 aromatic rings. The molecule has 2 saturated heterocycles. The lowest BCUT2D eigenvalue weighted by molar-refractivity contribution is 0.0434. The van der Waals surface area contributed by atoms with Crippen molar-refractivity contribution < 1.29 is 8.95 Å². The van der Waals surface area contributed by atoms with E-state index in [-0.39, 0.29) is 11.1 Å². The molecule has 9 nitrogen and oxygen atoms in total. The highest BCUT2D eigenvalue weighted by Crippen LogP contribution is 2.41. The lowest BCUT2D eigenvalue weighted by Gasteiger charge is -2.59. The van der Waals surface area contributed by atoms with Gasteiger partial charge in [-0.15, -0.1) is 0 Å². The molecule has 2 aromatic heterocycles. The molecule has 4 heterocycles. The summed E-state index contributed by atoms with van der Waals surface area (Å²) >= 11 is 12.5. The molecule has 1 aromatic carbocycles. The lowest BCUT2D eigenvalue weighted by Crippen LogP contribution is -2.72. The molecule has 5 rings (SSSR count). The van der Waals surface area contributed by atoms with Gasteiger partial charge >= 0.3 is 0 Å². The van der Waals surface area contributed by atoms with Crippen LogP contribution < -0.4 is 15.4 Å². The molecule has 0 aliphatic carbocycles. The van der Waals surface area contributed by atoms with E-state index in [9.17, 15) is 4.21 Å². The van der Waals surface area contributed by atoms with Gasteiger partial charge in [0.2, 0.25) is 0 Å². The van der Waals surface area contributed by atoms with Crippen LogP contribution in [0.15, 0.2) is 43.0 Å². The van der Waals surface area contributed by atoms with Crippen LogP contribution in [0.3, 0.4) is 0 Å². The number of nitrogens with one attached hydrogen (secondary N) is 1. The van der Waals surface area contributed by atoms with Crippen LogP contribution >= 0.6 is 23.2 Å². The number of nitrogens with two attached hydrogens (primary N) is 1. The topological polar surface area (TPSA) is 121 Å². The van der Waals surface area contributed by atoms with Crippen LogP contribution in [0.1, 0.15) is 29.8 Å². The van der Waals surface area contributed by atoms with Crippen molar-refractivity contribution in [2.75, 3.05) is 43.1 Å². The average Bonchev–Trinajstić information content (AvgIpc) is 2.78. The van der Waals surface area contributed by atoms with Gasteiger partial charge in [0.25, 0.3) is 0 Å². The Morgan fingerprint density at radius 1 is 1.14 bits per heavy atom. The standard InChI is InChI=1S/C24H25Cl2N7O2S/c1-14(22-17(25)6-29-7-18(22)26)35-15-3-4-19(27)16(5-15)23(28)20-8-31-21(9-30-20)32-10-24(11-32)12-33(13-24)36(2)34/h3-9,14,28H,10-13,27H2,1-2H3/t14-,36?/m1/s1.